The van der Waals surface area contributed by atoms with E-state index in [2.05, 4.69) is 21.5 Å². The van der Waals surface area contributed by atoms with Crippen molar-refractivity contribution in [2.45, 2.75) is 24.0 Å². The van der Waals surface area contributed by atoms with Crippen molar-refractivity contribution in [1.82, 2.24) is 15.5 Å². The van der Waals surface area contributed by atoms with Gasteiger partial charge in [0.25, 0.3) is 0 Å². The molecule has 0 amide bonds. The topological polar surface area (TPSA) is 60.2 Å². The number of rotatable bonds is 3. The summed E-state index contributed by atoms with van der Waals surface area (Å²) < 4.78 is 11.2. The summed E-state index contributed by atoms with van der Waals surface area (Å²) in [6.07, 6.45) is -0.151. The molecule has 0 spiro atoms. The lowest BCUT2D eigenvalue weighted by molar-refractivity contribution is 0.205. The molecule has 2 aromatic rings. The maximum atomic E-state index is 5.92. The third-order valence-corrected chi connectivity index (χ3v) is 4.18. The van der Waals surface area contributed by atoms with Crippen LogP contribution in [0.3, 0.4) is 0 Å². The first-order valence-electron chi connectivity index (χ1n) is 6.17. The lowest BCUT2D eigenvalue weighted by atomic mass is 10.3. The van der Waals surface area contributed by atoms with E-state index in [-0.39, 0.29) is 12.1 Å². The van der Waals surface area contributed by atoms with Gasteiger partial charge in [0.2, 0.25) is 11.7 Å². The largest absolute Gasteiger partial charge is 0.480 e. The van der Waals surface area contributed by atoms with Crippen LogP contribution in [0.1, 0.15) is 30.8 Å². The second-order valence-electron chi connectivity index (χ2n) is 4.37. The van der Waals surface area contributed by atoms with Crippen molar-refractivity contribution < 1.29 is 9.26 Å². The lowest BCUT2D eigenvalue weighted by Crippen LogP contribution is -2.17. The van der Waals surface area contributed by atoms with Crippen LogP contribution in [0, 0.1) is 0 Å². The van der Waals surface area contributed by atoms with Gasteiger partial charge in [0, 0.05) is 10.6 Å². The molecule has 1 aromatic heterocycles. The van der Waals surface area contributed by atoms with Crippen LogP contribution in [0.4, 0.5) is 0 Å². The number of nitrogens with one attached hydrogen (secondary N) is 1. The summed E-state index contributed by atoms with van der Waals surface area (Å²) in [5.41, 5.74) is 0. The number of nitrogens with zero attached hydrogens (tertiary/aromatic N) is 2. The Bertz CT molecular complexity index is 573. The third-order valence-electron chi connectivity index (χ3n) is 3.06. The first-order chi connectivity index (χ1) is 9.28. The number of thioether (sulfide) groups is 1. The number of benzene rings is 1. The number of aromatic nitrogens is 2. The molecule has 6 heteroatoms. The van der Waals surface area contributed by atoms with Crippen LogP contribution in [-0.4, -0.2) is 22.9 Å². The Labute approximate surface area is 115 Å². The summed E-state index contributed by atoms with van der Waals surface area (Å²) in [7, 11) is 1.86. The number of hydrogen-bond donors (Lipinski definition) is 1. The van der Waals surface area contributed by atoms with Gasteiger partial charge in [-0.25, -0.2) is 0 Å². The Kier molecular flexibility index (Phi) is 3.44. The first kappa shape index (κ1) is 12.5. The molecule has 0 bridgehead atoms. The molecule has 0 fully saturated rings. The Morgan fingerprint density at radius 2 is 2.26 bits per heavy atom. The van der Waals surface area contributed by atoms with E-state index in [0.29, 0.717) is 11.7 Å². The van der Waals surface area contributed by atoms with Gasteiger partial charge in [0.05, 0.1) is 6.04 Å². The maximum Gasteiger partial charge on any atom is 0.243 e. The fourth-order valence-electron chi connectivity index (χ4n) is 1.82. The number of para-hydroxylation sites is 1. The highest BCUT2D eigenvalue weighted by Crippen LogP contribution is 2.39. The Balaban J connectivity index is 1.79. The highest BCUT2D eigenvalue weighted by molar-refractivity contribution is 7.99. The van der Waals surface area contributed by atoms with Gasteiger partial charge >= 0.3 is 0 Å². The molecule has 0 aliphatic carbocycles. The SMILES string of the molecule is CNC(C)c1nc(C2CSc3ccccc3O2)no1. The molecule has 5 nitrogen and oxygen atoms in total. The molecule has 1 N–H and O–H groups in total. The smallest absolute Gasteiger partial charge is 0.243 e. The van der Waals surface area contributed by atoms with Crippen molar-refractivity contribution in [1.29, 1.82) is 0 Å². The van der Waals surface area contributed by atoms with Gasteiger partial charge in [-0.3, -0.25) is 0 Å². The van der Waals surface area contributed by atoms with E-state index in [1.54, 1.807) is 11.8 Å². The predicted octanol–water partition coefficient (Wildman–Crippen LogP) is 2.58. The van der Waals surface area contributed by atoms with Crippen molar-refractivity contribution in [2.75, 3.05) is 12.8 Å². The zero-order chi connectivity index (χ0) is 13.2. The van der Waals surface area contributed by atoms with E-state index in [9.17, 15) is 0 Å². The normalized spacial score (nSPS) is 19.6. The zero-order valence-corrected chi connectivity index (χ0v) is 11.6. The van der Waals surface area contributed by atoms with Crippen molar-refractivity contribution in [2.24, 2.45) is 0 Å². The van der Waals surface area contributed by atoms with E-state index in [4.69, 9.17) is 9.26 Å². The Morgan fingerprint density at radius 3 is 3.11 bits per heavy atom. The standard InChI is InChI=1S/C13H15N3O2S/c1-8(14-2)13-15-12(16-18-13)10-7-19-11-6-4-3-5-9(11)17-10/h3-6,8,10,14H,7H2,1-2H3. The first-order valence-corrected chi connectivity index (χ1v) is 7.15. The van der Waals surface area contributed by atoms with Gasteiger partial charge in [0.1, 0.15) is 5.75 Å². The van der Waals surface area contributed by atoms with E-state index in [0.717, 1.165) is 16.4 Å². The molecule has 19 heavy (non-hydrogen) atoms. The average molecular weight is 277 g/mol. The molecule has 0 radical (unpaired) electrons. The van der Waals surface area contributed by atoms with Crippen LogP contribution in [0.15, 0.2) is 33.7 Å². The molecule has 0 saturated carbocycles. The number of ether oxygens (including phenoxy) is 1. The molecule has 2 unspecified atom stereocenters. The number of hydrogen-bond acceptors (Lipinski definition) is 6. The predicted molar refractivity (Wildman–Crippen MR) is 72.3 cm³/mol. The summed E-state index contributed by atoms with van der Waals surface area (Å²) in [5, 5.41) is 7.09. The van der Waals surface area contributed by atoms with E-state index in [1.165, 1.54) is 0 Å². The highest BCUT2D eigenvalue weighted by Gasteiger charge is 2.26. The van der Waals surface area contributed by atoms with Gasteiger partial charge in [-0.05, 0) is 26.1 Å². The monoisotopic (exact) mass is 277 g/mol. The summed E-state index contributed by atoms with van der Waals surface area (Å²) in [4.78, 5) is 5.56. The van der Waals surface area contributed by atoms with E-state index < -0.39 is 0 Å². The molecule has 2 heterocycles. The molecule has 2 atom stereocenters. The minimum Gasteiger partial charge on any atom is -0.480 e. The van der Waals surface area contributed by atoms with Gasteiger partial charge in [0.15, 0.2) is 6.10 Å². The summed E-state index contributed by atoms with van der Waals surface area (Å²) in [6.45, 7) is 1.98. The fourth-order valence-corrected chi connectivity index (χ4v) is 2.81. The van der Waals surface area contributed by atoms with Crippen molar-refractivity contribution in [3.8, 4) is 5.75 Å². The van der Waals surface area contributed by atoms with Gasteiger partial charge in [-0.15, -0.1) is 11.8 Å². The number of fused-ring (bicyclic) bond motifs is 1. The van der Waals surface area contributed by atoms with Crippen LogP contribution >= 0.6 is 11.8 Å². The second-order valence-corrected chi connectivity index (χ2v) is 5.43. The minimum absolute atomic E-state index is 0.0461. The molecule has 1 aliphatic heterocycles. The van der Waals surface area contributed by atoms with Crippen LogP contribution in [0.2, 0.25) is 0 Å². The third kappa shape index (κ3) is 2.46. The summed E-state index contributed by atoms with van der Waals surface area (Å²) >= 11 is 1.75. The second kappa shape index (κ2) is 5.22. The summed E-state index contributed by atoms with van der Waals surface area (Å²) in [6, 6.07) is 8.04. The van der Waals surface area contributed by atoms with Crippen molar-refractivity contribution in [3.63, 3.8) is 0 Å². The highest BCUT2D eigenvalue weighted by atomic mass is 32.2. The van der Waals surface area contributed by atoms with Crippen LogP contribution in [0.25, 0.3) is 0 Å². The molecule has 0 saturated heterocycles. The van der Waals surface area contributed by atoms with Gasteiger partial charge < -0.3 is 14.6 Å². The Hall–Kier alpha value is -1.53. The quantitative estimate of drug-likeness (QED) is 0.930. The van der Waals surface area contributed by atoms with Crippen LogP contribution < -0.4 is 10.1 Å². The van der Waals surface area contributed by atoms with Gasteiger partial charge in [-0.1, -0.05) is 17.3 Å². The molecule has 3 rings (SSSR count). The zero-order valence-electron chi connectivity index (χ0n) is 10.8. The van der Waals surface area contributed by atoms with E-state index in [1.807, 2.05) is 32.2 Å². The molecule has 100 valence electrons. The van der Waals surface area contributed by atoms with E-state index >= 15 is 0 Å². The Morgan fingerprint density at radius 1 is 1.42 bits per heavy atom. The van der Waals surface area contributed by atoms with Gasteiger partial charge in [-0.2, -0.15) is 4.98 Å². The minimum atomic E-state index is -0.151. The molecular weight excluding hydrogens is 262 g/mol. The molecular formula is C13H15N3O2S. The molecule has 1 aliphatic rings. The average Bonchev–Trinajstić information content (AvgIpc) is 2.95. The van der Waals surface area contributed by atoms with Crippen LogP contribution in [-0.2, 0) is 0 Å². The summed E-state index contributed by atoms with van der Waals surface area (Å²) in [5.74, 6) is 2.88. The molecule has 1 aromatic carbocycles. The van der Waals surface area contributed by atoms with Crippen molar-refractivity contribution in [3.05, 3.63) is 36.0 Å². The maximum absolute atomic E-state index is 5.92. The fraction of sp³-hybridized carbons (Fsp3) is 0.385. The van der Waals surface area contributed by atoms with Crippen molar-refractivity contribution >= 4 is 11.8 Å². The lowest BCUT2D eigenvalue weighted by Gasteiger charge is -2.22. The van der Waals surface area contributed by atoms with Crippen LogP contribution in [0.5, 0.6) is 5.75 Å².